The first-order valence-electron chi connectivity index (χ1n) is 10.3. The van der Waals surface area contributed by atoms with Gasteiger partial charge >= 0.3 is 0 Å². The summed E-state index contributed by atoms with van der Waals surface area (Å²) in [5.41, 5.74) is 4.87. The number of aromatic nitrogens is 2. The first kappa shape index (κ1) is 21.8. The van der Waals surface area contributed by atoms with Gasteiger partial charge in [-0.1, -0.05) is 24.1 Å². The van der Waals surface area contributed by atoms with Crippen molar-refractivity contribution < 1.29 is 14.3 Å². The van der Waals surface area contributed by atoms with Crippen LogP contribution in [0, 0.1) is 26.2 Å². The minimum Gasteiger partial charge on any atom is -0.493 e. The minimum absolute atomic E-state index is 0.0477. The van der Waals surface area contributed by atoms with E-state index in [4.69, 9.17) is 21.0 Å². The third-order valence-electron chi connectivity index (χ3n) is 5.37. The molecule has 3 aromatic rings. The van der Waals surface area contributed by atoms with E-state index < -0.39 is 0 Å². The molecule has 164 valence electrons. The lowest BCUT2D eigenvalue weighted by Crippen LogP contribution is -2.22. The Morgan fingerprint density at radius 3 is 2.75 bits per heavy atom. The molecule has 0 unspecified atom stereocenters. The van der Waals surface area contributed by atoms with E-state index in [1.165, 1.54) is 0 Å². The van der Waals surface area contributed by atoms with Crippen LogP contribution in [0.2, 0.25) is 0 Å². The highest BCUT2D eigenvalue weighted by molar-refractivity contribution is 8.01. The number of terminal acetylenes is 1. The molecule has 0 bridgehead atoms. The topological polar surface area (TPSA) is 65.4 Å². The minimum atomic E-state index is -0.249. The maximum Gasteiger partial charge on any atom is 0.238 e. The zero-order valence-electron chi connectivity index (χ0n) is 18.5. The zero-order chi connectivity index (χ0) is 22.8. The predicted octanol–water partition coefficient (Wildman–Crippen LogP) is 4.67. The largest absolute Gasteiger partial charge is 0.493 e. The van der Waals surface area contributed by atoms with Crippen LogP contribution in [-0.4, -0.2) is 34.7 Å². The van der Waals surface area contributed by atoms with Gasteiger partial charge in [0, 0.05) is 5.56 Å². The van der Waals surface area contributed by atoms with Gasteiger partial charge in [0.15, 0.2) is 11.5 Å². The van der Waals surface area contributed by atoms with Gasteiger partial charge in [-0.15, -0.1) is 18.2 Å². The number of ether oxygens (including phenoxy) is 2. The van der Waals surface area contributed by atoms with Crippen molar-refractivity contribution in [3.05, 3.63) is 64.8 Å². The van der Waals surface area contributed by atoms with Gasteiger partial charge in [-0.3, -0.25) is 4.79 Å². The summed E-state index contributed by atoms with van der Waals surface area (Å²) >= 11 is 1.59. The van der Waals surface area contributed by atoms with Gasteiger partial charge in [0.2, 0.25) is 5.91 Å². The van der Waals surface area contributed by atoms with Gasteiger partial charge < -0.3 is 14.8 Å². The van der Waals surface area contributed by atoms with E-state index in [0.717, 1.165) is 28.1 Å². The molecular weight excluding hydrogens is 422 g/mol. The maximum atomic E-state index is 12.9. The second-order valence-corrected chi connectivity index (χ2v) is 9.10. The van der Waals surface area contributed by atoms with Gasteiger partial charge in [-0.2, -0.15) is 5.10 Å². The standard InChI is InChI=1S/C25H25N3O3S/c1-6-12-31-20-11-10-18(14-21(20)30-5)23-22-16(3)27-28(19-9-7-8-15(2)13-19)24(22)26-25(29)17(4)32-23/h1,7-11,13-14,17,23H,12H2,2-5H3,(H,26,29)/t17-,23+/m0/s1. The van der Waals surface area contributed by atoms with Crippen LogP contribution in [-0.2, 0) is 4.79 Å². The summed E-state index contributed by atoms with van der Waals surface area (Å²) in [7, 11) is 1.60. The molecule has 1 amide bonds. The van der Waals surface area contributed by atoms with E-state index in [1.54, 1.807) is 18.9 Å². The number of hydrogen-bond donors (Lipinski definition) is 1. The molecule has 1 N–H and O–H groups in total. The molecule has 0 aliphatic carbocycles. The SMILES string of the molecule is C#CCOc1ccc([C@H]2S[C@@H](C)C(=O)Nc3c2c(C)nn3-c2cccc(C)c2)cc1OC. The van der Waals surface area contributed by atoms with Crippen molar-refractivity contribution in [1.82, 2.24) is 9.78 Å². The highest BCUT2D eigenvalue weighted by Crippen LogP contribution is 2.47. The molecule has 0 spiro atoms. The number of benzene rings is 2. The number of nitrogens with one attached hydrogen (secondary N) is 1. The van der Waals surface area contributed by atoms with E-state index in [1.807, 2.05) is 61.9 Å². The summed E-state index contributed by atoms with van der Waals surface area (Å²) in [6.45, 7) is 6.09. The fraction of sp³-hybridized carbons (Fsp3) is 0.280. The van der Waals surface area contributed by atoms with Gasteiger partial charge in [0.1, 0.15) is 12.4 Å². The lowest BCUT2D eigenvalue weighted by atomic mass is 10.0. The van der Waals surface area contributed by atoms with Crippen molar-refractivity contribution in [3.63, 3.8) is 0 Å². The molecule has 2 aromatic carbocycles. The number of aryl methyl sites for hydroxylation is 2. The normalized spacial score (nSPS) is 17.7. The number of carbonyl (C=O) groups excluding carboxylic acids is 1. The third-order valence-corrected chi connectivity index (χ3v) is 6.77. The average Bonchev–Trinajstić information content (AvgIpc) is 3.03. The van der Waals surface area contributed by atoms with E-state index in [0.29, 0.717) is 17.3 Å². The molecule has 0 fully saturated rings. The molecule has 4 rings (SSSR count). The number of hydrogen-bond acceptors (Lipinski definition) is 5. The molecule has 2 atom stereocenters. The number of carbonyl (C=O) groups is 1. The van der Waals surface area contributed by atoms with Crippen LogP contribution < -0.4 is 14.8 Å². The van der Waals surface area contributed by atoms with Crippen LogP contribution in [0.5, 0.6) is 11.5 Å². The van der Waals surface area contributed by atoms with E-state index in [2.05, 4.69) is 17.3 Å². The first-order valence-corrected chi connectivity index (χ1v) is 11.2. The highest BCUT2D eigenvalue weighted by atomic mass is 32.2. The maximum absolute atomic E-state index is 12.9. The molecule has 1 aliphatic heterocycles. The summed E-state index contributed by atoms with van der Waals surface area (Å²) in [6, 6.07) is 13.9. The van der Waals surface area contributed by atoms with Crippen LogP contribution in [0.15, 0.2) is 42.5 Å². The molecule has 1 aromatic heterocycles. The van der Waals surface area contributed by atoms with Crippen molar-refractivity contribution in [1.29, 1.82) is 0 Å². The summed E-state index contributed by atoms with van der Waals surface area (Å²) in [4.78, 5) is 12.9. The van der Waals surface area contributed by atoms with Crippen LogP contribution in [0.1, 0.15) is 34.6 Å². The lowest BCUT2D eigenvalue weighted by Gasteiger charge is -2.19. The Balaban J connectivity index is 1.85. The Bertz CT molecular complexity index is 1210. The van der Waals surface area contributed by atoms with E-state index >= 15 is 0 Å². The van der Waals surface area contributed by atoms with Gasteiger partial charge in [-0.25, -0.2) is 4.68 Å². The molecule has 0 saturated carbocycles. The van der Waals surface area contributed by atoms with Crippen molar-refractivity contribution in [2.24, 2.45) is 0 Å². The first-order chi connectivity index (χ1) is 15.4. The summed E-state index contributed by atoms with van der Waals surface area (Å²) < 4.78 is 13.0. The van der Waals surface area contributed by atoms with E-state index in [-0.39, 0.29) is 23.0 Å². The molecule has 0 radical (unpaired) electrons. The number of rotatable bonds is 5. The number of methoxy groups -OCH3 is 1. The summed E-state index contributed by atoms with van der Waals surface area (Å²) in [6.07, 6.45) is 5.32. The molecule has 32 heavy (non-hydrogen) atoms. The summed E-state index contributed by atoms with van der Waals surface area (Å²) in [5.74, 6) is 4.30. The number of amides is 1. The average molecular weight is 448 g/mol. The second kappa shape index (κ2) is 9.01. The van der Waals surface area contributed by atoms with E-state index in [9.17, 15) is 4.79 Å². The lowest BCUT2D eigenvalue weighted by molar-refractivity contribution is -0.115. The van der Waals surface area contributed by atoms with Crippen molar-refractivity contribution in [2.75, 3.05) is 19.0 Å². The van der Waals surface area contributed by atoms with Gasteiger partial charge in [0.05, 0.1) is 29.0 Å². The quantitative estimate of drug-likeness (QED) is 0.576. The Morgan fingerprint density at radius 1 is 1.22 bits per heavy atom. The molecule has 7 heteroatoms. The molecular formula is C25H25N3O3S. The number of nitrogens with zero attached hydrogens (tertiary/aromatic N) is 2. The summed E-state index contributed by atoms with van der Waals surface area (Å²) in [5, 5.41) is 7.53. The highest BCUT2D eigenvalue weighted by Gasteiger charge is 2.34. The van der Waals surface area contributed by atoms with Gasteiger partial charge in [-0.05, 0) is 56.2 Å². The van der Waals surface area contributed by atoms with Crippen molar-refractivity contribution in [2.45, 2.75) is 31.3 Å². The van der Waals surface area contributed by atoms with Crippen molar-refractivity contribution >= 4 is 23.5 Å². The monoisotopic (exact) mass is 447 g/mol. The number of thioether (sulfide) groups is 1. The smallest absolute Gasteiger partial charge is 0.238 e. The second-order valence-electron chi connectivity index (χ2n) is 7.65. The fourth-order valence-corrected chi connectivity index (χ4v) is 5.12. The van der Waals surface area contributed by atoms with Gasteiger partial charge in [0.25, 0.3) is 0 Å². The molecule has 0 saturated heterocycles. The Hall–Kier alpha value is -3.37. The fourth-order valence-electron chi connectivity index (χ4n) is 3.80. The van der Waals surface area contributed by atoms with Crippen molar-refractivity contribution in [3.8, 4) is 29.5 Å². The molecule has 2 heterocycles. The van der Waals surface area contributed by atoms with Crippen LogP contribution in [0.3, 0.4) is 0 Å². The predicted molar refractivity (Wildman–Crippen MR) is 128 cm³/mol. The Morgan fingerprint density at radius 2 is 2.03 bits per heavy atom. The Kier molecular flexibility index (Phi) is 6.15. The Labute approximate surface area is 192 Å². The van der Waals surface area contributed by atoms with Crippen LogP contribution in [0.4, 0.5) is 5.82 Å². The molecule has 1 aliphatic rings. The third kappa shape index (κ3) is 4.06. The van der Waals surface area contributed by atoms with Crippen LogP contribution in [0.25, 0.3) is 5.69 Å². The van der Waals surface area contributed by atoms with Crippen LogP contribution >= 0.6 is 11.8 Å². The molecule has 6 nitrogen and oxygen atoms in total. The number of anilines is 1. The zero-order valence-corrected chi connectivity index (χ0v) is 19.3. The number of fused-ring (bicyclic) bond motifs is 1.